The van der Waals surface area contributed by atoms with Crippen LogP contribution in [-0.2, 0) is 0 Å². The van der Waals surface area contributed by atoms with E-state index in [0.29, 0.717) is 0 Å². The highest BCUT2D eigenvalue weighted by Gasteiger charge is 2.03. The largest absolute Gasteiger partial charge is 0.472 e. The Morgan fingerprint density at radius 3 is 2.88 bits per heavy atom. The van der Waals surface area contributed by atoms with Crippen molar-refractivity contribution in [3.63, 3.8) is 0 Å². The standard InChI is InChI=1S/C13H9NOS/c1-2-13(16-7-1)12-8-10(3-5-14-12)11-4-6-15-9-11/h1-9H. The minimum absolute atomic E-state index is 1.01. The first-order valence-electron chi connectivity index (χ1n) is 4.96. The van der Waals surface area contributed by atoms with Gasteiger partial charge in [-0.1, -0.05) is 6.07 Å². The van der Waals surface area contributed by atoms with Crippen molar-refractivity contribution in [1.29, 1.82) is 0 Å². The van der Waals surface area contributed by atoms with E-state index in [9.17, 15) is 0 Å². The summed E-state index contributed by atoms with van der Waals surface area (Å²) in [7, 11) is 0. The Morgan fingerprint density at radius 1 is 1.12 bits per heavy atom. The van der Waals surface area contributed by atoms with Crippen molar-refractivity contribution in [3.05, 3.63) is 54.4 Å². The molecular formula is C13H9NOS. The van der Waals surface area contributed by atoms with Crippen molar-refractivity contribution < 1.29 is 4.42 Å². The summed E-state index contributed by atoms with van der Waals surface area (Å²) in [5.41, 5.74) is 3.22. The molecule has 0 aliphatic rings. The Labute approximate surface area is 97.2 Å². The fourth-order valence-electron chi connectivity index (χ4n) is 1.60. The molecule has 0 saturated carbocycles. The third-order valence-electron chi connectivity index (χ3n) is 2.39. The monoisotopic (exact) mass is 227 g/mol. The van der Waals surface area contributed by atoms with Crippen LogP contribution in [0, 0.1) is 0 Å². The molecule has 0 radical (unpaired) electrons. The molecule has 2 nitrogen and oxygen atoms in total. The van der Waals surface area contributed by atoms with Crippen molar-refractivity contribution in [3.8, 4) is 21.7 Å². The topological polar surface area (TPSA) is 26.0 Å². The van der Waals surface area contributed by atoms with Gasteiger partial charge in [0.15, 0.2) is 0 Å². The van der Waals surface area contributed by atoms with Gasteiger partial charge in [-0.3, -0.25) is 4.98 Å². The van der Waals surface area contributed by atoms with Gasteiger partial charge in [0.2, 0.25) is 0 Å². The fourth-order valence-corrected chi connectivity index (χ4v) is 2.29. The van der Waals surface area contributed by atoms with Crippen LogP contribution in [-0.4, -0.2) is 4.98 Å². The van der Waals surface area contributed by atoms with E-state index in [2.05, 4.69) is 22.5 Å². The van der Waals surface area contributed by atoms with Gasteiger partial charge in [0.25, 0.3) is 0 Å². The quantitative estimate of drug-likeness (QED) is 0.659. The molecule has 0 saturated heterocycles. The van der Waals surface area contributed by atoms with Gasteiger partial charge in [-0.15, -0.1) is 11.3 Å². The van der Waals surface area contributed by atoms with Crippen molar-refractivity contribution in [2.45, 2.75) is 0 Å². The first kappa shape index (κ1) is 9.36. The van der Waals surface area contributed by atoms with Gasteiger partial charge in [0.05, 0.1) is 23.1 Å². The molecular weight excluding hydrogens is 218 g/mol. The van der Waals surface area contributed by atoms with Crippen LogP contribution in [0.3, 0.4) is 0 Å². The van der Waals surface area contributed by atoms with E-state index < -0.39 is 0 Å². The molecule has 78 valence electrons. The maximum Gasteiger partial charge on any atom is 0.0980 e. The predicted molar refractivity (Wildman–Crippen MR) is 65.3 cm³/mol. The van der Waals surface area contributed by atoms with Crippen molar-refractivity contribution >= 4 is 11.3 Å². The van der Waals surface area contributed by atoms with Crippen LogP contribution in [0.1, 0.15) is 0 Å². The molecule has 3 rings (SSSR count). The minimum Gasteiger partial charge on any atom is -0.472 e. The summed E-state index contributed by atoms with van der Waals surface area (Å²) in [6.45, 7) is 0. The van der Waals surface area contributed by atoms with E-state index in [1.807, 2.05) is 24.4 Å². The Morgan fingerprint density at radius 2 is 2.12 bits per heavy atom. The number of hydrogen-bond acceptors (Lipinski definition) is 3. The summed E-state index contributed by atoms with van der Waals surface area (Å²) in [6, 6.07) is 10.1. The van der Waals surface area contributed by atoms with E-state index in [1.165, 1.54) is 4.88 Å². The number of rotatable bonds is 2. The Bertz CT molecular complexity index is 520. The zero-order valence-corrected chi connectivity index (χ0v) is 9.28. The molecule has 0 bridgehead atoms. The average molecular weight is 227 g/mol. The van der Waals surface area contributed by atoms with Crippen molar-refractivity contribution in [1.82, 2.24) is 4.98 Å². The van der Waals surface area contributed by atoms with Gasteiger partial charge in [-0.2, -0.15) is 0 Å². The number of nitrogens with zero attached hydrogens (tertiary/aromatic N) is 1. The first-order chi connectivity index (χ1) is 7.93. The average Bonchev–Trinajstić information content (AvgIpc) is 3.03. The molecule has 0 N–H and O–H groups in total. The normalized spacial score (nSPS) is 10.5. The van der Waals surface area contributed by atoms with E-state index in [4.69, 9.17) is 4.42 Å². The number of hydrogen-bond donors (Lipinski definition) is 0. The molecule has 0 spiro atoms. The maximum absolute atomic E-state index is 5.08. The molecule has 0 aliphatic heterocycles. The highest BCUT2D eigenvalue weighted by molar-refractivity contribution is 7.13. The summed E-state index contributed by atoms with van der Waals surface area (Å²) in [5.74, 6) is 0. The minimum atomic E-state index is 1.01. The van der Waals surface area contributed by atoms with Crippen LogP contribution in [0.4, 0.5) is 0 Å². The number of thiophene rings is 1. The zero-order valence-electron chi connectivity index (χ0n) is 8.46. The van der Waals surface area contributed by atoms with Crippen LogP contribution in [0.2, 0.25) is 0 Å². The predicted octanol–water partition coefficient (Wildman–Crippen LogP) is 4.07. The second kappa shape index (κ2) is 3.94. The highest BCUT2D eigenvalue weighted by Crippen LogP contribution is 2.27. The van der Waals surface area contributed by atoms with Crippen LogP contribution in [0.15, 0.2) is 58.9 Å². The fraction of sp³-hybridized carbons (Fsp3) is 0. The summed E-state index contributed by atoms with van der Waals surface area (Å²) in [5, 5.41) is 2.06. The summed E-state index contributed by atoms with van der Waals surface area (Å²) >= 11 is 1.70. The van der Waals surface area contributed by atoms with E-state index in [0.717, 1.165) is 16.8 Å². The first-order valence-corrected chi connectivity index (χ1v) is 5.84. The molecule has 0 amide bonds. The summed E-state index contributed by atoms with van der Waals surface area (Å²) in [4.78, 5) is 5.56. The van der Waals surface area contributed by atoms with E-state index >= 15 is 0 Å². The van der Waals surface area contributed by atoms with Gasteiger partial charge >= 0.3 is 0 Å². The third-order valence-corrected chi connectivity index (χ3v) is 3.28. The number of furan rings is 1. The summed E-state index contributed by atoms with van der Waals surface area (Å²) < 4.78 is 5.08. The van der Waals surface area contributed by atoms with Gasteiger partial charge in [-0.05, 0) is 35.2 Å². The van der Waals surface area contributed by atoms with Crippen LogP contribution in [0.5, 0.6) is 0 Å². The van der Waals surface area contributed by atoms with Gasteiger partial charge in [0.1, 0.15) is 0 Å². The van der Waals surface area contributed by atoms with Gasteiger partial charge in [-0.25, -0.2) is 0 Å². The molecule has 0 atom stereocenters. The Balaban J connectivity index is 2.07. The van der Waals surface area contributed by atoms with Crippen LogP contribution >= 0.6 is 11.3 Å². The second-order valence-electron chi connectivity index (χ2n) is 3.42. The molecule has 0 unspecified atom stereocenters. The lowest BCUT2D eigenvalue weighted by molar-refractivity contribution is 0.568. The van der Waals surface area contributed by atoms with Gasteiger partial charge < -0.3 is 4.42 Å². The zero-order chi connectivity index (χ0) is 10.8. The number of aromatic nitrogens is 1. The molecule has 16 heavy (non-hydrogen) atoms. The molecule has 3 heteroatoms. The Hall–Kier alpha value is -1.87. The number of pyridine rings is 1. The lowest BCUT2D eigenvalue weighted by atomic mass is 10.1. The lowest BCUT2D eigenvalue weighted by Crippen LogP contribution is -1.81. The van der Waals surface area contributed by atoms with Crippen molar-refractivity contribution in [2.24, 2.45) is 0 Å². The third kappa shape index (κ3) is 1.66. The van der Waals surface area contributed by atoms with Gasteiger partial charge in [0, 0.05) is 11.8 Å². The second-order valence-corrected chi connectivity index (χ2v) is 4.37. The van der Waals surface area contributed by atoms with Crippen molar-refractivity contribution in [2.75, 3.05) is 0 Å². The van der Waals surface area contributed by atoms with E-state index in [-0.39, 0.29) is 0 Å². The smallest absolute Gasteiger partial charge is 0.0980 e. The molecule has 3 heterocycles. The molecule has 0 aliphatic carbocycles. The molecule has 3 aromatic heterocycles. The summed E-state index contributed by atoms with van der Waals surface area (Å²) in [6.07, 6.45) is 5.26. The highest BCUT2D eigenvalue weighted by atomic mass is 32.1. The van der Waals surface area contributed by atoms with E-state index in [1.54, 1.807) is 23.9 Å². The lowest BCUT2D eigenvalue weighted by Gasteiger charge is -2.00. The maximum atomic E-state index is 5.08. The van der Waals surface area contributed by atoms with Crippen LogP contribution in [0.25, 0.3) is 21.7 Å². The SMILES string of the molecule is c1csc(-c2cc(-c3ccoc3)ccn2)c1. The molecule has 3 aromatic rings. The molecule has 0 fully saturated rings. The molecule has 0 aromatic carbocycles. The van der Waals surface area contributed by atoms with Crippen LogP contribution < -0.4 is 0 Å². The Kier molecular flexibility index (Phi) is 2.31.